The summed E-state index contributed by atoms with van der Waals surface area (Å²) in [6, 6.07) is 58.7. The van der Waals surface area contributed by atoms with Crippen LogP contribution in [-0.2, 0) is 0 Å². The van der Waals surface area contributed by atoms with Crippen LogP contribution >= 0.6 is 0 Å². The van der Waals surface area contributed by atoms with Crippen LogP contribution in [0.1, 0.15) is 0 Å². The predicted molar refractivity (Wildman–Crippen MR) is 222 cm³/mol. The third-order valence-corrected chi connectivity index (χ3v) is 10.1. The SMILES string of the molecule is c1ccc(-c2nc(-c3ccccc3)nc(-c3cc4c5ccccc5oc4c4c5ccccc5n(-c5nc(-c6ccccc6)nc(-c6ccccc6)n5)c34)n2)cc1. The number of hydrogen-bond acceptors (Lipinski definition) is 7. The highest BCUT2D eigenvalue weighted by atomic mass is 16.3. The van der Waals surface area contributed by atoms with Crippen molar-refractivity contribution in [2.24, 2.45) is 0 Å². The van der Waals surface area contributed by atoms with E-state index in [4.69, 9.17) is 34.3 Å². The first-order valence-corrected chi connectivity index (χ1v) is 18.4. The molecule has 0 aliphatic heterocycles. The highest BCUT2D eigenvalue weighted by molar-refractivity contribution is 6.27. The maximum absolute atomic E-state index is 6.77. The summed E-state index contributed by atoms with van der Waals surface area (Å²) >= 11 is 0. The Hall–Kier alpha value is -7.84. The number of hydrogen-bond donors (Lipinski definition) is 0. The van der Waals surface area contributed by atoms with Crippen molar-refractivity contribution in [3.05, 3.63) is 176 Å². The number of fused-ring (bicyclic) bond motifs is 7. The molecule has 0 unspecified atom stereocenters. The van der Waals surface area contributed by atoms with Crippen LogP contribution in [0.25, 0.3) is 107 Å². The predicted octanol–water partition coefficient (Wildman–Crippen LogP) is 11.4. The Morgan fingerprint density at radius 3 is 1.34 bits per heavy atom. The minimum Gasteiger partial charge on any atom is -0.455 e. The molecule has 0 radical (unpaired) electrons. The molecule has 8 heteroatoms. The Kier molecular flexibility index (Phi) is 7.31. The summed E-state index contributed by atoms with van der Waals surface area (Å²) in [4.78, 5) is 30.9. The van der Waals surface area contributed by atoms with E-state index < -0.39 is 0 Å². The molecule has 0 spiro atoms. The van der Waals surface area contributed by atoms with Crippen LogP contribution in [0.2, 0.25) is 0 Å². The van der Waals surface area contributed by atoms with Gasteiger partial charge in [0.2, 0.25) is 5.95 Å². The highest BCUT2D eigenvalue weighted by Gasteiger charge is 2.26. The van der Waals surface area contributed by atoms with Gasteiger partial charge in [-0.05, 0) is 18.2 Å². The second-order valence-corrected chi connectivity index (χ2v) is 13.5. The van der Waals surface area contributed by atoms with Gasteiger partial charge in [0.1, 0.15) is 11.2 Å². The van der Waals surface area contributed by atoms with E-state index in [0.29, 0.717) is 35.1 Å². The van der Waals surface area contributed by atoms with Crippen LogP contribution in [0.4, 0.5) is 0 Å². The van der Waals surface area contributed by atoms with Crippen LogP contribution in [0.15, 0.2) is 180 Å². The Bertz CT molecular complexity index is 3120. The Balaban J connectivity index is 1.31. The van der Waals surface area contributed by atoms with Gasteiger partial charge in [0.05, 0.1) is 16.4 Å². The fraction of sp³-hybridized carbons (Fsp3) is 0. The van der Waals surface area contributed by atoms with Crippen LogP contribution < -0.4 is 0 Å². The summed E-state index contributed by atoms with van der Waals surface area (Å²) in [7, 11) is 0. The number of para-hydroxylation sites is 2. The first-order chi connectivity index (χ1) is 27.8. The Morgan fingerprint density at radius 1 is 0.375 bits per heavy atom. The standard InChI is InChI=1S/C48H29N7O/c1-5-17-30(18-6-1)43-49-44(31-19-7-2-8-20-31)52-47(51-43)37-29-36-34-25-14-16-28-39(34)56-42(36)40-35-26-13-15-27-38(35)55(41(37)40)48-53-45(32-21-9-3-10-22-32)50-46(54-48)33-23-11-4-12-24-33/h1-29H. The third-order valence-electron chi connectivity index (χ3n) is 10.1. The van der Waals surface area contributed by atoms with Crippen molar-refractivity contribution < 1.29 is 4.42 Å². The number of nitrogens with zero attached hydrogens (tertiary/aromatic N) is 7. The highest BCUT2D eigenvalue weighted by Crippen LogP contribution is 2.45. The Labute approximate surface area is 320 Å². The average molecular weight is 720 g/mol. The minimum atomic E-state index is 0.459. The Morgan fingerprint density at radius 2 is 0.804 bits per heavy atom. The molecule has 0 saturated heterocycles. The van der Waals surface area contributed by atoms with Gasteiger partial charge in [-0.1, -0.05) is 158 Å². The monoisotopic (exact) mass is 719 g/mol. The van der Waals surface area contributed by atoms with Gasteiger partial charge in [-0.25, -0.2) is 19.9 Å². The van der Waals surface area contributed by atoms with Gasteiger partial charge in [-0.2, -0.15) is 9.97 Å². The van der Waals surface area contributed by atoms with E-state index in [1.807, 2.05) is 146 Å². The zero-order valence-electron chi connectivity index (χ0n) is 29.8. The zero-order chi connectivity index (χ0) is 37.0. The topological polar surface area (TPSA) is 95.4 Å². The van der Waals surface area contributed by atoms with Crippen LogP contribution in [0.5, 0.6) is 0 Å². The lowest BCUT2D eigenvalue weighted by atomic mass is 10.0. The molecular weight excluding hydrogens is 691 g/mol. The molecule has 0 aliphatic carbocycles. The van der Waals surface area contributed by atoms with Crippen LogP contribution in [-0.4, -0.2) is 34.5 Å². The number of aromatic nitrogens is 7. The molecule has 0 bridgehead atoms. The van der Waals surface area contributed by atoms with E-state index in [-0.39, 0.29) is 0 Å². The summed E-state index contributed by atoms with van der Waals surface area (Å²) in [5.41, 5.74) is 7.60. The van der Waals surface area contributed by atoms with E-state index in [2.05, 4.69) is 34.9 Å². The minimum absolute atomic E-state index is 0.459. The van der Waals surface area contributed by atoms with Gasteiger partial charge in [-0.15, -0.1) is 0 Å². The van der Waals surface area contributed by atoms with Gasteiger partial charge >= 0.3 is 0 Å². The fourth-order valence-electron chi connectivity index (χ4n) is 7.54. The first kappa shape index (κ1) is 31.7. The van der Waals surface area contributed by atoms with Crippen molar-refractivity contribution in [1.29, 1.82) is 0 Å². The molecule has 4 aromatic heterocycles. The molecule has 0 amide bonds. The van der Waals surface area contributed by atoms with Crippen molar-refractivity contribution in [2.45, 2.75) is 0 Å². The van der Waals surface area contributed by atoms with Gasteiger partial charge in [0.25, 0.3) is 0 Å². The average Bonchev–Trinajstić information content (AvgIpc) is 3.83. The van der Waals surface area contributed by atoms with E-state index in [9.17, 15) is 0 Å². The molecule has 0 atom stereocenters. The quantitative estimate of drug-likeness (QED) is 0.169. The van der Waals surface area contributed by atoms with E-state index in [1.54, 1.807) is 0 Å². The van der Waals surface area contributed by atoms with E-state index in [0.717, 1.165) is 71.6 Å². The molecule has 8 nitrogen and oxygen atoms in total. The molecule has 0 aliphatic rings. The molecular formula is C48H29N7O. The van der Waals surface area contributed by atoms with Gasteiger partial charge in [0.15, 0.2) is 29.1 Å². The lowest BCUT2D eigenvalue weighted by molar-refractivity contribution is 0.673. The zero-order valence-corrected chi connectivity index (χ0v) is 29.8. The van der Waals surface area contributed by atoms with Crippen LogP contribution in [0, 0.1) is 0 Å². The summed E-state index contributed by atoms with van der Waals surface area (Å²) in [6.45, 7) is 0. The summed E-state index contributed by atoms with van der Waals surface area (Å²) < 4.78 is 8.88. The smallest absolute Gasteiger partial charge is 0.238 e. The molecule has 11 rings (SSSR count). The van der Waals surface area contributed by atoms with Crippen molar-refractivity contribution in [2.75, 3.05) is 0 Å². The molecule has 56 heavy (non-hydrogen) atoms. The van der Waals surface area contributed by atoms with Gasteiger partial charge < -0.3 is 4.42 Å². The van der Waals surface area contributed by atoms with E-state index >= 15 is 0 Å². The number of benzene rings is 7. The van der Waals surface area contributed by atoms with Crippen molar-refractivity contribution in [3.8, 4) is 62.9 Å². The molecule has 0 fully saturated rings. The van der Waals surface area contributed by atoms with Crippen LogP contribution in [0.3, 0.4) is 0 Å². The summed E-state index contributed by atoms with van der Waals surface area (Å²) in [6.07, 6.45) is 0. The normalized spacial score (nSPS) is 11.6. The van der Waals surface area contributed by atoms with Crippen molar-refractivity contribution >= 4 is 43.7 Å². The fourth-order valence-corrected chi connectivity index (χ4v) is 7.54. The summed E-state index contributed by atoms with van der Waals surface area (Å²) in [5.74, 6) is 3.23. The second-order valence-electron chi connectivity index (χ2n) is 13.5. The molecule has 262 valence electrons. The molecule has 0 saturated carbocycles. The lowest BCUT2D eigenvalue weighted by Gasteiger charge is -2.13. The third kappa shape index (κ3) is 5.23. The maximum Gasteiger partial charge on any atom is 0.238 e. The number of furan rings is 1. The summed E-state index contributed by atoms with van der Waals surface area (Å²) in [5, 5.41) is 3.85. The maximum atomic E-state index is 6.77. The van der Waals surface area contributed by atoms with Gasteiger partial charge in [0, 0.05) is 44.0 Å². The molecule has 11 aromatic rings. The van der Waals surface area contributed by atoms with Gasteiger partial charge in [-0.3, -0.25) is 4.57 Å². The molecule has 7 aromatic carbocycles. The van der Waals surface area contributed by atoms with Crippen molar-refractivity contribution in [3.63, 3.8) is 0 Å². The first-order valence-electron chi connectivity index (χ1n) is 18.4. The van der Waals surface area contributed by atoms with E-state index in [1.165, 1.54) is 0 Å². The number of rotatable bonds is 6. The second kappa shape index (κ2) is 12.9. The molecule has 0 N–H and O–H groups in total. The largest absolute Gasteiger partial charge is 0.455 e. The molecule has 4 heterocycles. The van der Waals surface area contributed by atoms with Crippen molar-refractivity contribution in [1.82, 2.24) is 34.5 Å². The lowest BCUT2D eigenvalue weighted by Crippen LogP contribution is -2.07.